The molecule has 0 aliphatic carbocycles. The lowest BCUT2D eigenvalue weighted by molar-refractivity contribution is -0.118. The second-order valence-corrected chi connectivity index (χ2v) is 10.2. The number of primary amides is 1. The lowest BCUT2D eigenvalue weighted by Gasteiger charge is -2.31. The van der Waals surface area contributed by atoms with Crippen LogP contribution in [0.15, 0.2) is 38.3 Å². The zero-order chi connectivity index (χ0) is 25.7. The average Bonchev–Trinajstić information content (AvgIpc) is 3.35. The number of benzene rings is 1. The van der Waals surface area contributed by atoms with Crippen molar-refractivity contribution in [3.05, 3.63) is 72.4 Å². The first-order valence-electron chi connectivity index (χ1n) is 11.2. The maximum absolute atomic E-state index is 13.1. The van der Waals surface area contributed by atoms with Gasteiger partial charge in [0.15, 0.2) is 0 Å². The summed E-state index contributed by atoms with van der Waals surface area (Å²) in [6.07, 6.45) is 0.0206. The molecule has 1 aliphatic heterocycles. The molecule has 1 aliphatic rings. The lowest BCUT2D eigenvalue weighted by Crippen LogP contribution is -2.39. The molecule has 184 valence electrons. The third-order valence-electron chi connectivity index (χ3n) is 6.10. The molecule has 1 aromatic heterocycles. The maximum Gasteiger partial charge on any atom is 0.256 e. The Labute approximate surface area is 206 Å². The summed E-state index contributed by atoms with van der Waals surface area (Å²) in [7, 11) is 0. The Kier molecular flexibility index (Phi) is 6.23. The largest absolute Gasteiger partial charge is 0.464 e. The van der Waals surface area contributed by atoms with Crippen molar-refractivity contribution < 1.29 is 14.0 Å². The molecule has 2 heterocycles. The monoisotopic (exact) mass is 498 g/mol. The van der Waals surface area contributed by atoms with E-state index in [0.29, 0.717) is 27.6 Å². The molecule has 0 unspecified atom stereocenters. The molecule has 2 aromatic carbocycles. The number of hydrogen-bond acceptors (Lipinski definition) is 7. The molecule has 0 saturated heterocycles. The third kappa shape index (κ3) is 4.55. The van der Waals surface area contributed by atoms with Gasteiger partial charge in [0.05, 0.1) is 17.3 Å². The van der Waals surface area contributed by atoms with Gasteiger partial charge in [0.2, 0.25) is 5.91 Å². The van der Waals surface area contributed by atoms with Crippen LogP contribution >= 0.6 is 11.6 Å². The van der Waals surface area contributed by atoms with E-state index in [1.165, 1.54) is 4.90 Å². The van der Waals surface area contributed by atoms with Gasteiger partial charge >= 0.3 is 0 Å². The molecular weight excluding hydrogens is 472 g/mol. The number of rotatable bonds is 8. The van der Waals surface area contributed by atoms with Crippen molar-refractivity contribution in [2.24, 2.45) is 11.1 Å². The second-order valence-electron chi connectivity index (χ2n) is 9.82. The molecule has 0 bridgehead atoms. The van der Waals surface area contributed by atoms with Gasteiger partial charge in [0.1, 0.15) is 22.9 Å². The van der Waals surface area contributed by atoms with Crippen LogP contribution in [0.5, 0.6) is 0 Å². The fraction of sp³-hybridized carbons (Fsp3) is 0.360. The Hall–Kier alpha value is -3.59. The van der Waals surface area contributed by atoms with Gasteiger partial charge in [-0.2, -0.15) is 0 Å². The highest BCUT2D eigenvalue weighted by atomic mass is 35.5. The summed E-state index contributed by atoms with van der Waals surface area (Å²) < 4.78 is 5.80. The van der Waals surface area contributed by atoms with Crippen LogP contribution in [0.1, 0.15) is 60.7 Å². The van der Waals surface area contributed by atoms with Crippen LogP contribution in [0.3, 0.4) is 0 Å². The Bertz CT molecular complexity index is 1390. The van der Waals surface area contributed by atoms with Crippen LogP contribution in [0, 0.1) is 12.3 Å². The fourth-order valence-corrected chi connectivity index (χ4v) is 4.44. The Morgan fingerprint density at radius 1 is 1.14 bits per heavy atom. The summed E-state index contributed by atoms with van der Waals surface area (Å²) in [6.45, 7) is 8.18. The molecule has 3 aromatic rings. The molecule has 10 heteroatoms. The number of nitrogens with two attached hydrogens (primary N) is 1. The Balaban J connectivity index is 1.66. The topological polar surface area (TPSA) is 135 Å². The van der Waals surface area contributed by atoms with Crippen LogP contribution < -0.4 is 27.2 Å². The van der Waals surface area contributed by atoms with E-state index in [0.717, 1.165) is 5.76 Å². The molecule has 0 spiro atoms. The number of nitrogens with zero attached hydrogens (tertiary/aromatic N) is 1. The van der Waals surface area contributed by atoms with Crippen LogP contribution in [-0.4, -0.2) is 23.3 Å². The number of amides is 2. The zero-order valence-corrected chi connectivity index (χ0v) is 20.7. The number of aryl methyl sites for hydroxylation is 1. The average molecular weight is 499 g/mol. The Morgan fingerprint density at radius 2 is 1.83 bits per heavy atom. The van der Waals surface area contributed by atoms with Crippen molar-refractivity contribution >= 4 is 40.5 Å². The number of carbonyl (C=O) groups is 2. The van der Waals surface area contributed by atoms with E-state index in [-0.39, 0.29) is 48.2 Å². The summed E-state index contributed by atoms with van der Waals surface area (Å²) >= 11 is 6.33. The number of fused-ring (bicyclic) bond motifs is 1. The SMILES string of the molecule is Cc1ccc([C@H](Nc2c(Nc3ccc(Cl)c4c3C(=O)N(CCC(N)=O)C4)c(=O)c2=O)C(C)(C)C)o1. The van der Waals surface area contributed by atoms with Gasteiger partial charge in [-0.25, -0.2) is 0 Å². The van der Waals surface area contributed by atoms with E-state index in [1.54, 1.807) is 12.1 Å². The number of halogens is 1. The molecule has 0 radical (unpaired) electrons. The Morgan fingerprint density at radius 3 is 2.43 bits per heavy atom. The maximum atomic E-state index is 13.1. The summed E-state index contributed by atoms with van der Waals surface area (Å²) in [4.78, 5) is 50.8. The summed E-state index contributed by atoms with van der Waals surface area (Å²) in [6, 6.07) is 6.50. The van der Waals surface area contributed by atoms with Gasteiger partial charge in [-0.1, -0.05) is 32.4 Å². The molecule has 2 amide bonds. The van der Waals surface area contributed by atoms with E-state index < -0.39 is 16.8 Å². The molecule has 4 rings (SSSR count). The first kappa shape index (κ1) is 24.5. The minimum atomic E-state index is -0.685. The van der Waals surface area contributed by atoms with Crippen molar-refractivity contribution in [2.75, 3.05) is 17.2 Å². The number of hydrogen-bond donors (Lipinski definition) is 3. The van der Waals surface area contributed by atoms with Crippen LogP contribution in [0.25, 0.3) is 0 Å². The molecule has 4 N–H and O–H groups in total. The van der Waals surface area contributed by atoms with Crippen molar-refractivity contribution in [2.45, 2.75) is 46.7 Å². The van der Waals surface area contributed by atoms with E-state index in [4.69, 9.17) is 21.8 Å². The van der Waals surface area contributed by atoms with E-state index in [1.807, 2.05) is 39.8 Å². The predicted octanol–water partition coefficient (Wildman–Crippen LogP) is 3.61. The van der Waals surface area contributed by atoms with Gasteiger partial charge < -0.3 is 25.7 Å². The van der Waals surface area contributed by atoms with Crippen molar-refractivity contribution in [3.63, 3.8) is 0 Å². The quantitative estimate of drug-likeness (QED) is 0.404. The molecule has 1 atom stereocenters. The second kappa shape index (κ2) is 8.88. The summed E-state index contributed by atoms with van der Waals surface area (Å²) in [5, 5.41) is 6.56. The number of nitrogens with one attached hydrogen (secondary N) is 2. The first-order valence-corrected chi connectivity index (χ1v) is 11.6. The standard InChI is InChI=1S/C25H27ClN4O5/c1-12-5-8-16(35-12)23(25(2,3)4)29-20-19(21(32)22(20)33)28-15-7-6-14(26)13-11-30(10-9-17(27)31)24(34)18(13)15/h5-8,23,28-29H,9-11H2,1-4H3,(H2,27,31)/t23-/m0/s1. The van der Waals surface area contributed by atoms with E-state index in [2.05, 4.69) is 10.6 Å². The zero-order valence-electron chi connectivity index (χ0n) is 20.0. The highest BCUT2D eigenvalue weighted by molar-refractivity contribution is 6.32. The smallest absolute Gasteiger partial charge is 0.256 e. The normalized spacial score (nSPS) is 14.3. The van der Waals surface area contributed by atoms with E-state index in [9.17, 15) is 19.2 Å². The highest BCUT2D eigenvalue weighted by Crippen LogP contribution is 2.39. The van der Waals surface area contributed by atoms with E-state index >= 15 is 0 Å². The van der Waals surface area contributed by atoms with Crippen molar-refractivity contribution in [1.29, 1.82) is 0 Å². The molecule has 0 saturated carbocycles. The molecule has 0 fully saturated rings. The minimum Gasteiger partial charge on any atom is -0.464 e. The number of carbonyl (C=O) groups excluding carboxylic acids is 2. The fourth-order valence-electron chi connectivity index (χ4n) is 4.22. The van der Waals surface area contributed by atoms with Gasteiger partial charge in [0.25, 0.3) is 16.8 Å². The summed E-state index contributed by atoms with van der Waals surface area (Å²) in [5.41, 5.74) is 4.98. The molecule has 35 heavy (non-hydrogen) atoms. The number of furan rings is 1. The lowest BCUT2D eigenvalue weighted by atomic mass is 9.85. The van der Waals surface area contributed by atoms with Gasteiger partial charge in [-0.05, 0) is 36.6 Å². The first-order chi connectivity index (χ1) is 16.4. The highest BCUT2D eigenvalue weighted by Gasteiger charge is 2.35. The summed E-state index contributed by atoms with van der Waals surface area (Å²) in [5.74, 6) is 0.521. The van der Waals surface area contributed by atoms with Gasteiger partial charge in [-0.15, -0.1) is 0 Å². The number of anilines is 3. The van der Waals surface area contributed by atoms with Gasteiger partial charge in [0, 0.05) is 30.1 Å². The van der Waals surface area contributed by atoms with Crippen molar-refractivity contribution in [3.8, 4) is 0 Å². The molecular formula is C25H27ClN4O5. The minimum absolute atomic E-state index is 0.0206. The molecule has 9 nitrogen and oxygen atoms in total. The van der Waals surface area contributed by atoms with Crippen LogP contribution in [-0.2, 0) is 11.3 Å². The predicted molar refractivity (Wildman–Crippen MR) is 134 cm³/mol. The van der Waals surface area contributed by atoms with Crippen LogP contribution in [0.4, 0.5) is 17.1 Å². The third-order valence-corrected chi connectivity index (χ3v) is 6.46. The van der Waals surface area contributed by atoms with Crippen LogP contribution in [0.2, 0.25) is 5.02 Å². The van der Waals surface area contributed by atoms with Gasteiger partial charge in [-0.3, -0.25) is 19.2 Å². The van der Waals surface area contributed by atoms with Crippen molar-refractivity contribution in [1.82, 2.24) is 4.90 Å².